The summed E-state index contributed by atoms with van der Waals surface area (Å²) in [6.07, 6.45) is 1.16. The average Bonchev–Trinajstić information content (AvgIpc) is 2.47. The molecular formula is C13H18N4O4. The number of aromatic nitrogens is 1. The van der Waals surface area contributed by atoms with Crippen LogP contribution in [0, 0.1) is 0 Å². The van der Waals surface area contributed by atoms with Crippen molar-refractivity contribution in [2.24, 2.45) is 5.73 Å². The van der Waals surface area contributed by atoms with Crippen molar-refractivity contribution in [1.82, 2.24) is 10.3 Å². The Bertz CT molecular complexity index is 549. The standard InChI is InChI=1S/C13H18N4O4/c1-7-10(15-3-4-21-7)12(19)17-8-5-9(11(14)18)13(20-2)16-6-8/h5-7,10,15H,3-4H2,1-2H3,(H2,14,18)(H,17,19)/t7-,10+/m1/s1. The summed E-state index contributed by atoms with van der Waals surface area (Å²) in [6, 6.07) is 0.971. The van der Waals surface area contributed by atoms with Gasteiger partial charge in [0, 0.05) is 6.54 Å². The van der Waals surface area contributed by atoms with Gasteiger partial charge in [-0.25, -0.2) is 4.98 Å². The Morgan fingerprint density at radius 3 is 2.95 bits per heavy atom. The number of amides is 2. The molecule has 2 rings (SSSR count). The van der Waals surface area contributed by atoms with Crippen LogP contribution in [0.25, 0.3) is 0 Å². The van der Waals surface area contributed by atoms with Crippen LogP contribution >= 0.6 is 0 Å². The highest BCUT2D eigenvalue weighted by Crippen LogP contribution is 2.19. The van der Waals surface area contributed by atoms with E-state index in [4.69, 9.17) is 15.2 Å². The number of nitrogens with two attached hydrogens (primary N) is 1. The van der Waals surface area contributed by atoms with Gasteiger partial charge < -0.3 is 25.8 Å². The van der Waals surface area contributed by atoms with Crippen molar-refractivity contribution in [2.75, 3.05) is 25.6 Å². The van der Waals surface area contributed by atoms with E-state index >= 15 is 0 Å². The van der Waals surface area contributed by atoms with Gasteiger partial charge in [0.05, 0.1) is 31.7 Å². The maximum absolute atomic E-state index is 12.2. The molecule has 8 heteroatoms. The van der Waals surface area contributed by atoms with Crippen molar-refractivity contribution < 1.29 is 19.1 Å². The molecule has 2 atom stereocenters. The second-order valence-electron chi connectivity index (χ2n) is 4.64. The van der Waals surface area contributed by atoms with Gasteiger partial charge in [0.15, 0.2) is 0 Å². The number of hydrogen-bond donors (Lipinski definition) is 3. The molecule has 0 radical (unpaired) electrons. The molecule has 0 spiro atoms. The van der Waals surface area contributed by atoms with Crippen LogP contribution in [0.5, 0.6) is 5.88 Å². The molecule has 1 aromatic heterocycles. The van der Waals surface area contributed by atoms with Gasteiger partial charge in [0.1, 0.15) is 11.6 Å². The Morgan fingerprint density at radius 1 is 1.57 bits per heavy atom. The average molecular weight is 294 g/mol. The summed E-state index contributed by atoms with van der Waals surface area (Å²) in [7, 11) is 1.39. The Balaban J connectivity index is 2.13. The van der Waals surface area contributed by atoms with E-state index in [9.17, 15) is 9.59 Å². The third-order valence-electron chi connectivity index (χ3n) is 3.18. The predicted octanol–water partition coefficient (Wildman–Crippen LogP) is -0.495. The van der Waals surface area contributed by atoms with Crippen molar-refractivity contribution in [1.29, 1.82) is 0 Å². The SMILES string of the molecule is COc1ncc(NC(=O)[C@H]2NCCO[C@@H]2C)cc1C(N)=O. The Kier molecular flexibility index (Phi) is 4.71. The molecule has 21 heavy (non-hydrogen) atoms. The van der Waals surface area contributed by atoms with E-state index in [0.29, 0.717) is 18.8 Å². The van der Waals surface area contributed by atoms with E-state index in [1.54, 1.807) is 0 Å². The van der Waals surface area contributed by atoms with Crippen molar-refractivity contribution in [3.05, 3.63) is 17.8 Å². The molecule has 1 aromatic rings. The summed E-state index contributed by atoms with van der Waals surface area (Å²) in [5.41, 5.74) is 5.73. The van der Waals surface area contributed by atoms with Crippen molar-refractivity contribution in [3.8, 4) is 5.88 Å². The fraction of sp³-hybridized carbons (Fsp3) is 0.462. The third kappa shape index (κ3) is 3.47. The lowest BCUT2D eigenvalue weighted by molar-refractivity contribution is -0.123. The summed E-state index contributed by atoms with van der Waals surface area (Å²) in [4.78, 5) is 27.5. The smallest absolute Gasteiger partial charge is 0.254 e. The molecule has 4 N–H and O–H groups in total. The fourth-order valence-electron chi connectivity index (χ4n) is 2.11. The number of methoxy groups -OCH3 is 1. The zero-order chi connectivity index (χ0) is 15.4. The largest absolute Gasteiger partial charge is 0.480 e. The van der Waals surface area contributed by atoms with E-state index in [1.807, 2.05) is 6.92 Å². The van der Waals surface area contributed by atoms with Crippen LogP contribution in [0.1, 0.15) is 17.3 Å². The van der Waals surface area contributed by atoms with Crippen molar-refractivity contribution in [3.63, 3.8) is 0 Å². The lowest BCUT2D eigenvalue weighted by Crippen LogP contribution is -2.53. The van der Waals surface area contributed by atoms with Gasteiger partial charge in [-0.2, -0.15) is 0 Å². The minimum Gasteiger partial charge on any atom is -0.480 e. The maximum atomic E-state index is 12.2. The number of rotatable bonds is 4. The van der Waals surface area contributed by atoms with Gasteiger partial charge >= 0.3 is 0 Å². The Morgan fingerprint density at radius 2 is 2.33 bits per heavy atom. The number of ether oxygens (including phenoxy) is 2. The third-order valence-corrected chi connectivity index (χ3v) is 3.18. The number of primary amides is 1. The van der Waals surface area contributed by atoms with E-state index < -0.39 is 11.9 Å². The zero-order valence-corrected chi connectivity index (χ0v) is 11.9. The summed E-state index contributed by atoms with van der Waals surface area (Å²) in [6.45, 7) is 2.99. The molecule has 0 aromatic carbocycles. The zero-order valence-electron chi connectivity index (χ0n) is 11.9. The number of hydrogen-bond acceptors (Lipinski definition) is 6. The van der Waals surface area contributed by atoms with Crippen LogP contribution in [0.3, 0.4) is 0 Å². The van der Waals surface area contributed by atoms with Crippen LogP contribution in [0.2, 0.25) is 0 Å². The summed E-state index contributed by atoms with van der Waals surface area (Å²) >= 11 is 0. The molecular weight excluding hydrogens is 276 g/mol. The van der Waals surface area contributed by atoms with Crippen LogP contribution in [0.4, 0.5) is 5.69 Å². The van der Waals surface area contributed by atoms with E-state index in [0.717, 1.165) is 0 Å². The molecule has 0 unspecified atom stereocenters. The number of nitrogens with one attached hydrogen (secondary N) is 2. The minimum atomic E-state index is -0.678. The molecule has 0 bridgehead atoms. The van der Waals surface area contributed by atoms with Gasteiger partial charge in [-0.3, -0.25) is 9.59 Å². The molecule has 114 valence electrons. The fourth-order valence-corrected chi connectivity index (χ4v) is 2.11. The highest BCUT2D eigenvalue weighted by atomic mass is 16.5. The quantitative estimate of drug-likeness (QED) is 0.690. The maximum Gasteiger partial charge on any atom is 0.254 e. The first-order chi connectivity index (χ1) is 10.0. The van der Waals surface area contributed by atoms with E-state index in [2.05, 4.69) is 15.6 Å². The first kappa shape index (κ1) is 15.2. The molecule has 2 amide bonds. The normalized spacial score (nSPS) is 21.6. The number of nitrogens with zero attached hydrogens (tertiary/aromatic N) is 1. The lowest BCUT2D eigenvalue weighted by Gasteiger charge is -2.29. The topological polar surface area (TPSA) is 116 Å². The lowest BCUT2D eigenvalue weighted by atomic mass is 10.1. The number of anilines is 1. The summed E-state index contributed by atoms with van der Waals surface area (Å²) in [5, 5.41) is 5.76. The van der Waals surface area contributed by atoms with Gasteiger partial charge in [0.25, 0.3) is 5.91 Å². The van der Waals surface area contributed by atoms with Gasteiger partial charge in [-0.05, 0) is 13.0 Å². The van der Waals surface area contributed by atoms with Crippen molar-refractivity contribution >= 4 is 17.5 Å². The molecule has 0 aliphatic carbocycles. The van der Waals surface area contributed by atoms with Crippen LogP contribution in [0.15, 0.2) is 12.3 Å². The monoisotopic (exact) mass is 294 g/mol. The van der Waals surface area contributed by atoms with Gasteiger partial charge in [-0.15, -0.1) is 0 Å². The summed E-state index contributed by atoms with van der Waals surface area (Å²) < 4.78 is 10.4. The minimum absolute atomic E-state index is 0.108. The second-order valence-corrected chi connectivity index (χ2v) is 4.64. The van der Waals surface area contributed by atoms with Gasteiger partial charge in [-0.1, -0.05) is 0 Å². The number of pyridine rings is 1. The first-order valence-electron chi connectivity index (χ1n) is 6.52. The molecule has 1 saturated heterocycles. The molecule has 2 heterocycles. The molecule has 0 saturated carbocycles. The van der Waals surface area contributed by atoms with Crippen LogP contribution in [-0.2, 0) is 9.53 Å². The second kappa shape index (κ2) is 6.51. The molecule has 1 fully saturated rings. The summed E-state index contributed by atoms with van der Waals surface area (Å²) in [5.74, 6) is -0.819. The van der Waals surface area contributed by atoms with Crippen LogP contribution in [-0.4, -0.2) is 49.2 Å². The van der Waals surface area contributed by atoms with Gasteiger partial charge in [0.2, 0.25) is 11.8 Å². The first-order valence-corrected chi connectivity index (χ1v) is 6.52. The van der Waals surface area contributed by atoms with Crippen LogP contribution < -0.4 is 21.1 Å². The Labute approximate surface area is 122 Å². The van der Waals surface area contributed by atoms with E-state index in [1.165, 1.54) is 19.4 Å². The number of carbonyl (C=O) groups excluding carboxylic acids is 2. The highest BCUT2D eigenvalue weighted by Gasteiger charge is 2.28. The molecule has 1 aliphatic heterocycles. The number of carbonyl (C=O) groups is 2. The molecule has 8 nitrogen and oxygen atoms in total. The van der Waals surface area contributed by atoms with E-state index in [-0.39, 0.29) is 23.5 Å². The Hall–Kier alpha value is -2.19. The van der Waals surface area contributed by atoms with Crippen molar-refractivity contribution in [2.45, 2.75) is 19.1 Å². The highest BCUT2D eigenvalue weighted by molar-refractivity contribution is 5.99. The predicted molar refractivity (Wildman–Crippen MR) is 75.1 cm³/mol. The molecule has 1 aliphatic rings. The number of morpholine rings is 1.